The molecule has 1 heterocycles. The summed E-state index contributed by atoms with van der Waals surface area (Å²) in [6.45, 7) is 7.13. The number of nitrogens with zero attached hydrogens (tertiary/aromatic N) is 1. The van der Waals surface area contributed by atoms with E-state index >= 15 is 0 Å². The van der Waals surface area contributed by atoms with Gasteiger partial charge in [0, 0.05) is 5.56 Å². The second kappa shape index (κ2) is 7.95. The maximum atomic E-state index is 6.46. The number of nitrogens with one attached hydrogen (secondary N) is 1. The maximum absolute atomic E-state index is 6.46. The van der Waals surface area contributed by atoms with Crippen molar-refractivity contribution in [1.82, 2.24) is 9.97 Å². The van der Waals surface area contributed by atoms with Crippen LogP contribution in [0.3, 0.4) is 0 Å². The van der Waals surface area contributed by atoms with E-state index in [9.17, 15) is 0 Å². The summed E-state index contributed by atoms with van der Waals surface area (Å²) in [4.78, 5) is 7.81. The largest absolute Gasteiger partial charge is 0.490 e. The van der Waals surface area contributed by atoms with Crippen LogP contribution in [0.2, 0.25) is 15.1 Å². The molecule has 3 rings (SSSR count). The lowest BCUT2D eigenvalue weighted by molar-refractivity contribution is 0.248. The van der Waals surface area contributed by atoms with E-state index in [1.54, 1.807) is 18.2 Å². The van der Waals surface area contributed by atoms with Crippen LogP contribution in [0.1, 0.15) is 20.8 Å². The topological polar surface area (TPSA) is 47.1 Å². The minimum absolute atomic E-state index is 0.380. The third-order valence-corrected chi connectivity index (χ3v) is 4.67. The van der Waals surface area contributed by atoms with E-state index in [-0.39, 0.29) is 0 Å². The number of benzene rings is 2. The number of fused-ring (bicyclic) bond motifs is 1. The van der Waals surface area contributed by atoms with Gasteiger partial charge >= 0.3 is 0 Å². The molecule has 3 aromatic rings. The Morgan fingerprint density at radius 2 is 1.73 bits per heavy atom. The lowest BCUT2D eigenvalue weighted by atomic mass is 10.2. The van der Waals surface area contributed by atoms with Crippen molar-refractivity contribution < 1.29 is 9.47 Å². The van der Waals surface area contributed by atoms with Gasteiger partial charge in [-0.3, -0.25) is 0 Å². The molecule has 4 nitrogen and oxygen atoms in total. The summed E-state index contributed by atoms with van der Waals surface area (Å²) in [7, 11) is 0. The Balaban J connectivity index is 2.04. The Morgan fingerprint density at radius 3 is 2.42 bits per heavy atom. The highest BCUT2D eigenvalue weighted by Crippen LogP contribution is 2.40. The molecule has 2 aromatic carbocycles. The van der Waals surface area contributed by atoms with E-state index in [0.29, 0.717) is 51.5 Å². The van der Waals surface area contributed by atoms with Crippen molar-refractivity contribution >= 4 is 45.8 Å². The number of aromatic amines is 1. The molecule has 0 fully saturated rings. The van der Waals surface area contributed by atoms with E-state index in [1.165, 1.54) is 0 Å². The second-order valence-electron chi connectivity index (χ2n) is 6.29. The van der Waals surface area contributed by atoms with E-state index in [4.69, 9.17) is 44.3 Å². The zero-order chi connectivity index (χ0) is 18.8. The standard InChI is InChI=1S/C19H19Cl3N2O2/c1-4-25-17-6-11(5-14(22)18(17)26-9-10(2)3)19-23-15-7-12(20)13(21)8-16(15)24-19/h5-8,10H,4,9H2,1-3H3,(H,23,24). The normalized spacial score (nSPS) is 11.3. The van der Waals surface area contributed by atoms with Gasteiger partial charge in [0.15, 0.2) is 11.5 Å². The zero-order valence-electron chi connectivity index (χ0n) is 14.7. The molecule has 1 N–H and O–H groups in total. The lowest BCUT2D eigenvalue weighted by Gasteiger charge is -2.16. The van der Waals surface area contributed by atoms with Crippen molar-refractivity contribution in [3.8, 4) is 22.9 Å². The molecule has 0 atom stereocenters. The minimum atomic E-state index is 0.380. The summed E-state index contributed by atoms with van der Waals surface area (Å²) in [5.74, 6) is 2.17. The van der Waals surface area contributed by atoms with E-state index in [0.717, 1.165) is 16.6 Å². The van der Waals surface area contributed by atoms with Crippen molar-refractivity contribution in [2.75, 3.05) is 13.2 Å². The number of ether oxygens (including phenoxy) is 2. The second-order valence-corrected chi connectivity index (χ2v) is 7.51. The molecule has 0 bridgehead atoms. The molecule has 0 saturated carbocycles. The number of rotatable bonds is 6. The van der Waals surface area contributed by atoms with Crippen LogP contribution in [0, 0.1) is 5.92 Å². The maximum Gasteiger partial charge on any atom is 0.179 e. The average molecular weight is 414 g/mol. The first-order chi connectivity index (χ1) is 12.4. The quantitative estimate of drug-likeness (QED) is 0.493. The highest BCUT2D eigenvalue weighted by molar-refractivity contribution is 6.42. The SMILES string of the molecule is CCOc1cc(-c2nc3cc(Cl)c(Cl)cc3[nH]2)cc(Cl)c1OCC(C)C. The number of hydrogen-bond donors (Lipinski definition) is 1. The van der Waals surface area contributed by atoms with Crippen LogP contribution in [-0.4, -0.2) is 23.2 Å². The molecule has 0 aliphatic carbocycles. The molecule has 0 unspecified atom stereocenters. The molecule has 0 aliphatic heterocycles. The molecule has 26 heavy (non-hydrogen) atoms. The molecular weight excluding hydrogens is 395 g/mol. The van der Waals surface area contributed by atoms with Crippen molar-refractivity contribution in [3.63, 3.8) is 0 Å². The van der Waals surface area contributed by atoms with Crippen LogP contribution in [0.5, 0.6) is 11.5 Å². The number of imidazole rings is 1. The van der Waals surface area contributed by atoms with E-state index in [2.05, 4.69) is 23.8 Å². The molecule has 0 aliphatic rings. The number of hydrogen-bond acceptors (Lipinski definition) is 3. The fourth-order valence-corrected chi connectivity index (χ4v) is 3.09. The molecule has 0 spiro atoms. The Kier molecular flexibility index (Phi) is 5.86. The van der Waals surface area contributed by atoms with Gasteiger partial charge in [0.2, 0.25) is 0 Å². The van der Waals surface area contributed by atoms with Gasteiger partial charge in [-0.15, -0.1) is 0 Å². The molecule has 7 heteroatoms. The van der Waals surface area contributed by atoms with Crippen LogP contribution < -0.4 is 9.47 Å². The summed E-state index contributed by atoms with van der Waals surface area (Å²) in [5.41, 5.74) is 2.31. The highest BCUT2D eigenvalue weighted by atomic mass is 35.5. The number of H-pyrrole nitrogens is 1. The highest BCUT2D eigenvalue weighted by Gasteiger charge is 2.16. The number of aromatic nitrogens is 2. The van der Waals surface area contributed by atoms with Gasteiger partial charge in [0.25, 0.3) is 0 Å². The monoisotopic (exact) mass is 412 g/mol. The van der Waals surface area contributed by atoms with Gasteiger partial charge in [0.1, 0.15) is 5.82 Å². The fourth-order valence-electron chi connectivity index (χ4n) is 2.50. The Hall–Kier alpha value is -1.62. The molecular formula is C19H19Cl3N2O2. The van der Waals surface area contributed by atoms with Crippen molar-refractivity contribution in [3.05, 3.63) is 39.3 Å². The predicted molar refractivity (Wildman–Crippen MR) is 108 cm³/mol. The van der Waals surface area contributed by atoms with Crippen LogP contribution in [-0.2, 0) is 0 Å². The molecule has 138 valence electrons. The van der Waals surface area contributed by atoms with Crippen molar-refractivity contribution in [1.29, 1.82) is 0 Å². The third-order valence-electron chi connectivity index (χ3n) is 3.67. The summed E-state index contributed by atoms with van der Waals surface area (Å²) < 4.78 is 11.6. The first-order valence-electron chi connectivity index (χ1n) is 8.33. The molecule has 0 saturated heterocycles. The van der Waals surface area contributed by atoms with Crippen LogP contribution in [0.15, 0.2) is 24.3 Å². The van der Waals surface area contributed by atoms with Crippen LogP contribution >= 0.6 is 34.8 Å². The average Bonchev–Trinajstić information content (AvgIpc) is 2.97. The van der Waals surface area contributed by atoms with Gasteiger partial charge in [-0.05, 0) is 37.1 Å². The van der Waals surface area contributed by atoms with Gasteiger partial charge in [-0.1, -0.05) is 48.7 Å². The van der Waals surface area contributed by atoms with Crippen LogP contribution in [0.4, 0.5) is 0 Å². The summed E-state index contributed by atoms with van der Waals surface area (Å²) in [5, 5.41) is 1.41. The molecule has 1 aromatic heterocycles. The number of halogens is 3. The van der Waals surface area contributed by atoms with Gasteiger partial charge in [0.05, 0.1) is 39.3 Å². The smallest absolute Gasteiger partial charge is 0.179 e. The summed E-state index contributed by atoms with van der Waals surface area (Å²) >= 11 is 18.6. The fraction of sp³-hybridized carbons (Fsp3) is 0.316. The zero-order valence-corrected chi connectivity index (χ0v) is 17.0. The van der Waals surface area contributed by atoms with Crippen LogP contribution in [0.25, 0.3) is 22.4 Å². The van der Waals surface area contributed by atoms with E-state index < -0.39 is 0 Å². The Labute approximate surface area is 167 Å². The predicted octanol–water partition coefficient (Wildman–Crippen LogP) is 6.62. The third kappa shape index (κ3) is 4.03. The molecule has 0 amide bonds. The van der Waals surface area contributed by atoms with Crippen molar-refractivity contribution in [2.24, 2.45) is 5.92 Å². The first kappa shape index (κ1) is 19.2. The van der Waals surface area contributed by atoms with Gasteiger partial charge < -0.3 is 14.5 Å². The summed E-state index contributed by atoms with van der Waals surface area (Å²) in [6, 6.07) is 7.15. The van der Waals surface area contributed by atoms with Crippen molar-refractivity contribution in [2.45, 2.75) is 20.8 Å². The van der Waals surface area contributed by atoms with Gasteiger partial charge in [-0.2, -0.15) is 0 Å². The van der Waals surface area contributed by atoms with E-state index in [1.807, 2.05) is 13.0 Å². The molecule has 0 radical (unpaired) electrons. The summed E-state index contributed by atoms with van der Waals surface area (Å²) in [6.07, 6.45) is 0. The minimum Gasteiger partial charge on any atom is -0.490 e. The Bertz CT molecular complexity index is 899. The first-order valence-corrected chi connectivity index (χ1v) is 9.46. The van der Waals surface area contributed by atoms with Gasteiger partial charge in [-0.25, -0.2) is 4.98 Å². The lowest BCUT2D eigenvalue weighted by Crippen LogP contribution is -2.07. The Morgan fingerprint density at radius 1 is 1.00 bits per heavy atom.